The van der Waals surface area contributed by atoms with Crippen molar-refractivity contribution >= 4 is 41.7 Å². The lowest BCUT2D eigenvalue weighted by molar-refractivity contribution is 0.482. The molecule has 0 aromatic rings. The van der Waals surface area contributed by atoms with Gasteiger partial charge >= 0.3 is 0 Å². The first-order valence-electron chi connectivity index (χ1n) is 6.41. The molecule has 0 spiro atoms. The van der Waals surface area contributed by atoms with Crippen LogP contribution in [0.2, 0.25) is 0 Å². The van der Waals surface area contributed by atoms with Crippen LogP contribution in [0, 0.1) is 5.92 Å². The zero-order valence-corrected chi connectivity index (χ0v) is 15.0. The summed E-state index contributed by atoms with van der Waals surface area (Å²) in [4.78, 5) is 4.21. The van der Waals surface area contributed by atoms with Crippen LogP contribution in [0.4, 0.5) is 0 Å². The number of thioether (sulfide) groups is 1. The summed E-state index contributed by atoms with van der Waals surface area (Å²) in [6.07, 6.45) is 4.37. The molecule has 0 aliphatic heterocycles. The molecule has 0 saturated carbocycles. The zero-order chi connectivity index (χ0) is 12.9. The molecule has 0 unspecified atom stereocenters. The van der Waals surface area contributed by atoms with E-state index in [-0.39, 0.29) is 24.0 Å². The van der Waals surface area contributed by atoms with Gasteiger partial charge in [0, 0.05) is 31.6 Å². The largest absolute Gasteiger partial charge is 0.356 e. The van der Waals surface area contributed by atoms with Gasteiger partial charge in [-0.15, -0.1) is 30.6 Å². The van der Waals surface area contributed by atoms with Gasteiger partial charge in [-0.3, -0.25) is 4.99 Å². The minimum Gasteiger partial charge on any atom is -0.356 e. The number of aliphatic imine (C=N–C) groups is 1. The van der Waals surface area contributed by atoms with Crippen molar-refractivity contribution in [2.45, 2.75) is 26.7 Å². The summed E-state index contributed by atoms with van der Waals surface area (Å²) in [7, 11) is 1.82. The van der Waals surface area contributed by atoms with E-state index in [1.807, 2.05) is 24.9 Å². The van der Waals surface area contributed by atoms with Gasteiger partial charge in [0.2, 0.25) is 0 Å². The second-order valence-corrected chi connectivity index (χ2v) is 5.08. The summed E-state index contributed by atoms with van der Waals surface area (Å²) >= 11 is 1.88. The predicted molar refractivity (Wildman–Crippen MR) is 96.4 cm³/mol. The molecule has 0 bridgehead atoms. The van der Waals surface area contributed by atoms with E-state index >= 15 is 0 Å². The van der Waals surface area contributed by atoms with Gasteiger partial charge in [-0.2, -0.15) is 11.8 Å². The van der Waals surface area contributed by atoms with Gasteiger partial charge in [-0.05, 0) is 5.92 Å². The number of rotatable bonds is 9. The van der Waals surface area contributed by atoms with Crippen molar-refractivity contribution in [1.29, 1.82) is 0 Å². The predicted octanol–water partition coefficient (Wildman–Crippen LogP) is 3.12. The van der Waals surface area contributed by atoms with Crippen LogP contribution in [-0.4, -0.2) is 37.6 Å². The van der Waals surface area contributed by atoms with Crippen molar-refractivity contribution in [2.24, 2.45) is 10.9 Å². The minimum atomic E-state index is 0. The van der Waals surface area contributed by atoms with E-state index in [9.17, 15) is 0 Å². The Morgan fingerprint density at radius 3 is 2.50 bits per heavy atom. The highest BCUT2D eigenvalue weighted by molar-refractivity contribution is 14.0. The fourth-order valence-corrected chi connectivity index (χ4v) is 2.03. The van der Waals surface area contributed by atoms with E-state index in [1.54, 1.807) is 0 Å². The maximum atomic E-state index is 4.21. The lowest BCUT2D eigenvalue weighted by Gasteiger charge is -2.16. The Bertz CT molecular complexity index is 218. The number of guanidine groups is 1. The van der Waals surface area contributed by atoms with Gasteiger partial charge in [0.05, 0.1) is 0 Å². The molecule has 0 radical (unpaired) electrons. The summed E-state index contributed by atoms with van der Waals surface area (Å²) in [6, 6.07) is 0. The Kier molecular flexibility index (Phi) is 17.2. The average molecular weight is 385 g/mol. The van der Waals surface area contributed by atoms with E-state index in [1.165, 1.54) is 12.8 Å². The smallest absolute Gasteiger partial charge is 0.191 e. The summed E-state index contributed by atoms with van der Waals surface area (Å²) in [6.45, 7) is 10.1. The maximum Gasteiger partial charge on any atom is 0.191 e. The minimum absolute atomic E-state index is 0. The number of hydrogen-bond acceptors (Lipinski definition) is 2. The molecule has 2 N–H and O–H groups in total. The molecular formula is C13H28IN3S. The van der Waals surface area contributed by atoms with Crippen molar-refractivity contribution < 1.29 is 0 Å². The van der Waals surface area contributed by atoms with Gasteiger partial charge in [0.25, 0.3) is 0 Å². The van der Waals surface area contributed by atoms with Crippen molar-refractivity contribution in [3.05, 3.63) is 12.7 Å². The van der Waals surface area contributed by atoms with Gasteiger partial charge in [0.15, 0.2) is 5.96 Å². The first kappa shape index (κ1) is 20.4. The second kappa shape index (κ2) is 15.1. The molecule has 0 aromatic heterocycles. The van der Waals surface area contributed by atoms with E-state index in [2.05, 4.69) is 36.1 Å². The number of nitrogens with one attached hydrogen (secondary N) is 2. The van der Waals surface area contributed by atoms with E-state index in [0.717, 1.165) is 36.5 Å². The SMILES string of the molecule is C=CCSCCNC(=NC)NCC(CC)CC.I. The Labute approximate surface area is 134 Å². The molecule has 0 rings (SSSR count). The van der Waals surface area contributed by atoms with Crippen LogP contribution in [0.1, 0.15) is 26.7 Å². The number of hydrogen-bond donors (Lipinski definition) is 2. The van der Waals surface area contributed by atoms with Crippen LogP contribution < -0.4 is 10.6 Å². The molecule has 0 heterocycles. The standard InChI is InChI=1S/C13H27N3S.HI/c1-5-9-17-10-8-15-13(14-4)16-11-12(6-2)7-3;/h5,12H,1,6-11H2,2-4H3,(H2,14,15,16);1H. The van der Waals surface area contributed by atoms with Gasteiger partial charge < -0.3 is 10.6 Å². The maximum absolute atomic E-state index is 4.21. The van der Waals surface area contributed by atoms with Crippen LogP contribution in [0.15, 0.2) is 17.6 Å². The van der Waals surface area contributed by atoms with Crippen LogP contribution in [-0.2, 0) is 0 Å². The highest BCUT2D eigenvalue weighted by Gasteiger charge is 2.04. The lowest BCUT2D eigenvalue weighted by atomic mass is 10.0. The molecule has 0 aliphatic carbocycles. The van der Waals surface area contributed by atoms with E-state index in [4.69, 9.17) is 0 Å². The van der Waals surface area contributed by atoms with Crippen molar-refractivity contribution in [2.75, 3.05) is 31.6 Å². The molecule has 5 heteroatoms. The Morgan fingerprint density at radius 2 is 2.00 bits per heavy atom. The van der Waals surface area contributed by atoms with Crippen molar-refractivity contribution in [3.8, 4) is 0 Å². The van der Waals surface area contributed by atoms with Crippen LogP contribution >= 0.6 is 35.7 Å². The first-order chi connectivity index (χ1) is 8.28. The highest BCUT2D eigenvalue weighted by Crippen LogP contribution is 2.04. The number of nitrogens with zero attached hydrogens (tertiary/aromatic N) is 1. The third kappa shape index (κ3) is 11.2. The molecule has 108 valence electrons. The van der Waals surface area contributed by atoms with E-state index in [0.29, 0.717) is 0 Å². The molecule has 0 fully saturated rings. The summed E-state index contributed by atoms with van der Waals surface area (Å²) < 4.78 is 0. The van der Waals surface area contributed by atoms with Crippen molar-refractivity contribution in [3.63, 3.8) is 0 Å². The number of halogens is 1. The molecule has 3 nitrogen and oxygen atoms in total. The molecule has 18 heavy (non-hydrogen) atoms. The Balaban J connectivity index is 0. The fourth-order valence-electron chi connectivity index (χ4n) is 1.45. The van der Waals surface area contributed by atoms with Gasteiger partial charge in [-0.25, -0.2) is 0 Å². The molecule has 0 saturated heterocycles. The van der Waals surface area contributed by atoms with Crippen LogP contribution in [0.25, 0.3) is 0 Å². The Hall–Kier alpha value is 0.0900. The summed E-state index contributed by atoms with van der Waals surface area (Å²) in [5.41, 5.74) is 0. The summed E-state index contributed by atoms with van der Waals surface area (Å²) in [5, 5.41) is 6.69. The summed E-state index contributed by atoms with van der Waals surface area (Å²) in [5.74, 6) is 3.75. The molecule has 0 atom stereocenters. The normalized spacial score (nSPS) is 11.0. The van der Waals surface area contributed by atoms with Gasteiger partial charge in [0.1, 0.15) is 0 Å². The highest BCUT2D eigenvalue weighted by atomic mass is 127. The Morgan fingerprint density at radius 1 is 1.33 bits per heavy atom. The average Bonchev–Trinajstić information content (AvgIpc) is 2.37. The molecule has 0 aliphatic rings. The van der Waals surface area contributed by atoms with Gasteiger partial charge in [-0.1, -0.05) is 32.8 Å². The topological polar surface area (TPSA) is 36.4 Å². The van der Waals surface area contributed by atoms with Crippen molar-refractivity contribution in [1.82, 2.24) is 10.6 Å². The zero-order valence-electron chi connectivity index (χ0n) is 11.9. The quantitative estimate of drug-likeness (QED) is 0.211. The molecule has 0 aromatic carbocycles. The molecule has 0 amide bonds. The second-order valence-electron chi connectivity index (χ2n) is 3.93. The third-order valence-corrected chi connectivity index (χ3v) is 3.68. The van der Waals surface area contributed by atoms with E-state index < -0.39 is 0 Å². The first-order valence-corrected chi connectivity index (χ1v) is 7.57. The molecular weight excluding hydrogens is 357 g/mol. The fraction of sp³-hybridized carbons (Fsp3) is 0.769. The lowest BCUT2D eigenvalue weighted by Crippen LogP contribution is -2.40. The van der Waals surface area contributed by atoms with Crippen LogP contribution in [0.5, 0.6) is 0 Å². The van der Waals surface area contributed by atoms with Crippen LogP contribution in [0.3, 0.4) is 0 Å². The third-order valence-electron chi connectivity index (χ3n) is 2.71. The monoisotopic (exact) mass is 385 g/mol.